The molecule has 4 rings (SSSR count). The van der Waals surface area contributed by atoms with Crippen LogP contribution >= 0.6 is 0 Å². The molecule has 1 aromatic heterocycles. The van der Waals surface area contributed by atoms with E-state index in [9.17, 15) is 28.7 Å². The van der Waals surface area contributed by atoms with Crippen LogP contribution in [0.15, 0.2) is 30.5 Å². The summed E-state index contributed by atoms with van der Waals surface area (Å²) < 4.78 is 30.3. The van der Waals surface area contributed by atoms with Gasteiger partial charge < -0.3 is 25.4 Å². The third kappa shape index (κ3) is 5.48. The van der Waals surface area contributed by atoms with Crippen molar-refractivity contribution in [2.75, 3.05) is 18.0 Å². The van der Waals surface area contributed by atoms with Crippen molar-refractivity contribution in [2.24, 2.45) is 5.92 Å². The van der Waals surface area contributed by atoms with Crippen molar-refractivity contribution in [3.05, 3.63) is 41.7 Å². The number of hydrogen-bond acceptors (Lipinski definition) is 6. The van der Waals surface area contributed by atoms with Gasteiger partial charge in [-0.15, -0.1) is 0 Å². The fourth-order valence-corrected chi connectivity index (χ4v) is 4.69. The number of carbonyl (C=O) groups excluding carboxylic acids is 1. The van der Waals surface area contributed by atoms with Crippen molar-refractivity contribution < 1.29 is 28.2 Å². The minimum absolute atomic E-state index is 0.00536. The number of carboxylic acid groups (broad SMARTS) is 1. The Bertz CT molecular complexity index is 1210. The van der Waals surface area contributed by atoms with E-state index in [2.05, 4.69) is 20.4 Å². The summed E-state index contributed by atoms with van der Waals surface area (Å²) in [6.07, 6.45) is 2.70. The molecule has 2 atom stereocenters. The Kier molecular flexibility index (Phi) is 6.97. The highest BCUT2D eigenvalue weighted by Crippen LogP contribution is 2.41. The van der Waals surface area contributed by atoms with Gasteiger partial charge in [0.2, 0.25) is 0 Å². The van der Waals surface area contributed by atoms with Gasteiger partial charge in [0, 0.05) is 30.9 Å². The first kappa shape index (κ1) is 25.2. The van der Waals surface area contributed by atoms with Crippen LogP contribution in [-0.4, -0.2) is 53.4 Å². The van der Waals surface area contributed by atoms with E-state index in [4.69, 9.17) is 0 Å². The molecule has 1 aliphatic heterocycles. The van der Waals surface area contributed by atoms with Gasteiger partial charge in [0.25, 0.3) is 5.91 Å². The molecule has 2 fully saturated rings. The summed E-state index contributed by atoms with van der Waals surface area (Å²) in [5, 5.41) is 24.7. The normalized spacial score (nSPS) is 20.1. The van der Waals surface area contributed by atoms with E-state index >= 15 is 0 Å². The van der Waals surface area contributed by atoms with Crippen molar-refractivity contribution in [1.29, 1.82) is 5.26 Å². The maximum Gasteiger partial charge on any atom is 0.405 e. The van der Waals surface area contributed by atoms with E-state index in [0.29, 0.717) is 35.7 Å². The molecule has 2 aliphatic rings. The molecule has 2 amide bonds. The van der Waals surface area contributed by atoms with Gasteiger partial charge in [-0.1, -0.05) is 12.1 Å². The van der Waals surface area contributed by atoms with Crippen LogP contribution in [0.1, 0.15) is 49.2 Å². The second kappa shape index (κ2) is 9.97. The minimum atomic E-state index is -3.03. The lowest BCUT2D eigenvalue weighted by atomic mass is 9.97. The second-order valence-electron chi connectivity index (χ2n) is 9.52. The average Bonchev–Trinajstić information content (AvgIpc) is 3.60. The first-order valence-electron chi connectivity index (χ1n) is 11.7. The number of alkyl halides is 2. The monoisotopic (exact) mass is 499 g/mol. The largest absolute Gasteiger partial charge is 0.465 e. The molecule has 1 unspecified atom stereocenters. The Balaban J connectivity index is 1.84. The van der Waals surface area contributed by atoms with Crippen molar-refractivity contribution in [1.82, 2.24) is 15.6 Å². The SMILES string of the molecule is CC(NC(=O)c1cnc(C#N)c(-c2cccc(OC(F)F)c2)c1N1CC[C@](C)(NC(=O)O)C1)C1CC1. The zero-order chi connectivity index (χ0) is 26.0. The van der Waals surface area contributed by atoms with E-state index in [-0.39, 0.29) is 35.5 Å². The summed E-state index contributed by atoms with van der Waals surface area (Å²) in [5.41, 5.74) is 0.490. The van der Waals surface area contributed by atoms with Gasteiger partial charge in [0.05, 0.1) is 16.8 Å². The van der Waals surface area contributed by atoms with Crippen LogP contribution in [0.4, 0.5) is 19.3 Å². The molecule has 2 heterocycles. The molecule has 9 nitrogen and oxygen atoms in total. The predicted molar refractivity (Wildman–Crippen MR) is 127 cm³/mol. The van der Waals surface area contributed by atoms with Gasteiger partial charge in [-0.3, -0.25) is 4.79 Å². The fourth-order valence-electron chi connectivity index (χ4n) is 4.69. The molecule has 36 heavy (non-hydrogen) atoms. The van der Waals surface area contributed by atoms with E-state index in [1.165, 1.54) is 24.4 Å². The molecular weight excluding hydrogens is 472 g/mol. The summed E-state index contributed by atoms with van der Waals surface area (Å²) in [5.74, 6) is -0.0722. The van der Waals surface area contributed by atoms with Crippen LogP contribution in [0.3, 0.4) is 0 Å². The van der Waals surface area contributed by atoms with Gasteiger partial charge in [-0.2, -0.15) is 14.0 Å². The number of amides is 2. The molecule has 3 N–H and O–H groups in total. The molecule has 0 bridgehead atoms. The summed E-state index contributed by atoms with van der Waals surface area (Å²) in [6.45, 7) is 1.29. The third-order valence-electron chi connectivity index (χ3n) is 6.64. The number of benzene rings is 1. The minimum Gasteiger partial charge on any atom is -0.465 e. The first-order valence-corrected chi connectivity index (χ1v) is 11.7. The maximum absolute atomic E-state index is 13.4. The van der Waals surface area contributed by atoms with E-state index in [1.54, 1.807) is 13.0 Å². The maximum atomic E-state index is 13.4. The van der Waals surface area contributed by atoms with Gasteiger partial charge in [0.1, 0.15) is 17.5 Å². The number of anilines is 1. The lowest BCUT2D eigenvalue weighted by molar-refractivity contribution is -0.0498. The zero-order valence-corrected chi connectivity index (χ0v) is 19.9. The van der Waals surface area contributed by atoms with Crippen molar-refractivity contribution >= 4 is 17.7 Å². The Morgan fingerprint density at radius 1 is 1.36 bits per heavy atom. The molecule has 1 saturated heterocycles. The number of pyridine rings is 1. The summed E-state index contributed by atoms with van der Waals surface area (Å²) in [7, 11) is 0. The third-order valence-corrected chi connectivity index (χ3v) is 6.64. The second-order valence-corrected chi connectivity index (χ2v) is 9.52. The zero-order valence-electron chi connectivity index (χ0n) is 19.9. The van der Waals surface area contributed by atoms with Crippen molar-refractivity contribution in [3.8, 4) is 22.9 Å². The Hall–Kier alpha value is -3.94. The summed E-state index contributed by atoms with van der Waals surface area (Å²) >= 11 is 0. The molecule has 11 heteroatoms. The molecule has 2 aromatic rings. The number of nitriles is 1. The molecule has 190 valence electrons. The molecule has 1 aromatic carbocycles. The molecule has 0 radical (unpaired) electrons. The van der Waals surface area contributed by atoms with Gasteiger partial charge in [-0.25, -0.2) is 9.78 Å². The van der Waals surface area contributed by atoms with Gasteiger partial charge in [0.15, 0.2) is 0 Å². The number of halogens is 2. The van der Waals surface area contributed by atoms with E-state index in [0.717, 1.165) is 12.8 Å². The van der Waals surface area contributed by atoms with Crippen LogP contribution in [0, 0.1) is 17.2 Å². The average molecular weight is 500 g/mol. The highest BCUT2D eigenvalue weighted by molar-refractivity contribution is 6.04. The van der Waals surface area contributed by atoms with Crippen molar-refractivity contribution in [2.45, 2.75) is 51.3 Å². The molecule has 1 aliphatic carbocycles. The smallest absolute Gasteiger partial charge is 0.405 e. The number of ether oxygens (including phenoxy) is 1. The number of hydrogen-bond donors (Lipinski definition) is 3. The quantitative estimate of drug-likeness (QED) is 0.501. The Labute approximate surface area is 207 Å². The number of nitrogens with one attached hydrogen (secondary N) is 2. The lowest BCUT2D eigenvalue weighted by Crippen LogP contribution is -2.47. The predicted octanol–water partition coefficient (Wildman–Crippen LogP) is 3.99. The van der Waals surface area contributed by atoms with Gasteiger partial charge >= 0.3 is 12.7 Å². The van der Waals surface area contributed by atoms with Crippen LogP contribution in [0.25, 0.3) is 11.1 Å². The molecule has 0 spiro atoms. The summed E-state index contributed by atoms with van der Waals surface area (Å²) in [6, 6.07) is 7.86. The molecule has 1 saturated carbocycles. The van der Waals surface area contributed by atoms with Crippen LogP contribution in [-0.2, 0) is 0 Å². The van der Waals surface area contributed by atoms with E-state index < -0.39 is 18.2 Å². The molecular formula is C25H27F2N5O4. The fraction of sp³-hybridized carbons (Fsp3) is 0.440. The van der Waals surface area contributed by atoms with Crippen molar-refractivity contribution in [3.63, 3.8) is 0 Å². The first-order chi connectivity index (χ1) is 17.1. The highest BCUT2D eigenvalue weighted by Gasteiger charge is 2.39. The van der Waals surface area contributed by atoms with Crippen LogP contribution < -0.4 is 20.3 Å². The summed E-state index contributed by atoms with van der Waals surface area (Å²) in [4.78, 5) is 30.8. The Morgan fingerprint density at radius 2 is 2.11 bits per heavy atom. The van der Waals surface area contributed by atoms with Crippen LogP contribution in [0.5, 0.6) is 5.75 Å². The topological polar surface area (TPSA) is 128 Å². The number of rotatable bonds is 8. The number of aromatic nitrogens is 1. The standard InChI is InChI=1S/C25H27F2N5O4/c1-14(15-6-7-15)30-22(33)18-12-29-19(11-28)20(16-4-3-5-17(10-16)36-23(26)27)21(18)32-9-8-25(2,13-32)31-24(34)35/h3-5,10,12,14-15,23,31H,6-9,13H2,1-2H3,(H,30,33)(H,34,35)/t14?,25-/m0/s1. The Morgan fingerprint density at radius 3 is 2.75 bits per heavy atom. The highest BCUT2D eigenvalue weighted by atomic mass is 19.3. The number of nitrogens with zero attached hydrogens (tertiary/aromatic N) is 3. The van der Waals surface area contributed by atoms with E-state index in [1.807, 2.05) is 17.9 Å². The lowest BCUT2D eigenvalue weighted by Gasteiger charge is -2.29. The van der Waals surface area contributed by atoms with Crippen LogP contribution in [0.2, 0.25) is 0 Å². The van der Waals surface area contributed by atoms with Gasteiger partial charge in [-0.05, 0) is 56.7 Å². The number of carbonyl (C=O) groups is 2.